The lowest BCUT2D eigenvalue weighted by Gasteiger charge is -2.46. The fourth-order valence-corrected chi connectivity index (χ4v) is 5.43. The molecule has 3 aromatic rings. The van der Waals surface area contributed by atoms with E-state index in [0.29, 0.717) is 24.0 Å². The molecule has 1 saturated heterocycles. The molecule has 2 aliphatic heterocycles. The van der Waals surface area contributed by atoms with Crippen LogP contribution in [0, 0.1) is 11.6 Å². The van der Waals surface area contributed by atoms with Gasteiger partial charge in [0.1, 0.15) is 11.6 Å². The van der Waals surface area contributed by atoms with Gasteiger partial charge >= 0.3 is 0 Å². The number of fused-ring (bicyclic) bond motifs is 2. The molecule has 1 N–H and O–H groups in total. The first-order chi connectivity index (χ1) is 15.7. The minimum absolute atomic E-state index is 0.178. The Morgan fingerprint density at radius 2 is 1.79 bits per heavy atom. The summed E-state index contributed by atoms with van der Waals surface area (Å²) in [5.74, 6) is -2.47. The van der Waals surface area contributed by atoms with Crippen LogP contribution in [0.25, 0.3) is 0 Å². The Morgan fingerprint density at radius 3 is 2.48 bits per heavy atom. The fraction of sp³-hybridized carbons (Fsp3) is 0.320. The molecule has 0 spiro atoms. The standard InChI is InChI=1S/C25H23F2N3O3/c1-25(2)11-10-18-21(30-22(24(33)29(18)25)23(32)19(31)13-28-30)20(14-6-8-16(26)9-7-14)15-4-3-5-17(27)12-15/h3-9,12-13,18,20-21,32H,10-11H2,1-2H3/t18-,20?,21-/m1/s1. The molecule has 0 bridgehead atoms. The van der Waals surface area contributed by atoms with E-state index in [4.69, 9.17) is 0 Å². The molecule has 0 saturated carbocycles. The van der Waals surface area contributed by atoms with Crippen molar-refractivity contribution in [3.05, 3.63) is 93.4 Å². The lowest BCUT2D eigenvalue weighted by atomic mass is 9.80. The lowest BCUT2D eigenvalue weighted by Crippen LogP contribution is -2.56. The van der Waals surface area contributed by atoms with Gasteiger partial charge < -0.3 is 10.0 Å². The van der Waals surface area contributed by atoms with E-state index in [0.717, 1.165) is 6.20 Å². The number of carbonyl (C=O) groups is 1. The van der Waals surface area contributed by atoms with Crippen molar-refractivity contribution in [3.63, 3.8) is 0 Å². The van der Waals surface area contributed by atoms with Crippen molar-refractivity contribution in [1.29, 1.82) is 0 Å². The summed E-state index contributed by atoms with van der Waals surface area (Å²) in [5, 5.41) is 14.9. The van der Waals surface area contributed by atoms with E-state index in [9.17, 15) is 23.5 Å². The third-order valence-electron chi connectivity index (χ3n) is 6.90. The molecule has 0 aliphatic carbocycles. The van der Waals surface area contributed by atoms with Gasteiger partial charge in [-0.1, -0.05) is 24.3 Å². The van der Waals surface area contributed by atoms with Crippen LogP contribution < -0.4 is 5.43 Å². The molecule has 5 rings (SSSR count). The van der Waals surface area contributed by atoms with Gasteiger partial charge in [0.25, 0.3) is 5.91 Å². The third-order valence-corrected chi connectivity index (χ3v) is 6.90. The molecular weight excluding hydrogens is 428 g/mol. The summed E-state index contributed by atoms with van der Waals surface area (Å²) in [7, 11) is 0. The summed E-state index contributed by atoms with van der Waals surface area (Å²) in [6.07, 6.45) is 2.35. The van der Waals surface area contributed by atoms with Gasteiger partial charge in [0.05, 0.1) is 18.3 Å². The molecule has 2 aliphatic rings. The molecule has 6 nitrogen and oxygen atoms in total. The van der Waals surface area contributed by atoms with Crippen molar-refractivity contribution in [2.45, 2.75) is 50.2 Å². The molecule has 33 heavy (non-hydrogen) atoms. The highest BCUT2D eigenvalue weighted by Gasteiger charge is 2.54. The number of nitrogens with zero attached hydrogens (tertiary/aromatic N) is 3. The van der Waals surface area contributed by atoms with E-state index >= 15 is 0 Å². The summed E-state index contributed by atoms with van der Waals surface area (Å²) < 4.78 is 29.5. The first-order valence-corrected chi connectivity index (χ1v) is 10.8. The van der Waals surface area contributed by atoms with Gasteiger partial charge in [-0.15, -0.1) is 0 Å². The van der Waals surface area contributed by atoms with E-state index in [2.05, 4.69) is 5.10 Å². The molecule has 2 aromatic carbocycles. The minimum Gasteiger partial charge on any atom is -0.502 e. The zero-order valence-corrected chi connectivity index (χ0v) is 18.2. The zero-order chi connectivity index (χ0) is 23.5. The molecule has 1 aromatic heterocycles. The maximum Gasteiger partial charge on any atom is 0.276 e. The Kier molecular flexibility index (Phi) is 4.84. The number of aromatic nitrogens is 2. The summed E-state index contributed by atoms with van der Waals surface area (Å²) in [6, 6.07) is 11.2. The number of halogens is 2. The Labute approximate surface area is 189 Å². The largest absolute Gasteiger partial charge is 0.502 e. The summed E-state index contributed by atoms with van der Waals surface area (Å²) in [4.78, 5) is 27.4. The van der Waals surface area contributed by atoms with Crippen LogP contribution in [0.4, 0.5) is 8.78 Å². The van der Waals surface area contributed by atoms with E-state index in [1.807, 2.05) is 13.8 Å². The van der Waals surface area contributed by atoms with Crippen LogP contribution in [0.2, 0.25) is 0 Å². The van der Waals surface area contributed by atoms with Gasteiger partial charge in [-0.05, 0) is 62.1 Å². The van der Waals surface area contributed by atoms with E-state index < -0.39 is 46.2 Å². The summed E-state index contributed by atoms with van der Waals surface area (Å²) in [5.41, 5.74) is -0.109. The van der Waals surface area contributed by atoms with E-state index in [1.165, 1.54) is 28.9 Å². The average Bonchev–Trinajstić information content (AvgIpc) is 3.09. The van der Waals surface area contributed by atoms with E-state index in [-0.39, 0.29) is 11.7 Å². The predicted octanol–water partition coefficient (Wildman–Crippen LogP) is 4.00. The first kappa shape index (κ1) is 21.3. The maximum absolute atomic E-state index is 14.3. The smallest absolute Gasteiger partial charge is 0.276 e. The number of carbonyl (C=O) groups excluding carboxylic acids is 1. The topological polar surface area (TPSA) is 75.4 Å². The highest BCUT2D eigenvalue weighted by atomic mass is 19.1. The number of hydrogen-bond acceptors (Lipinski definition) is 4. The molecule has 8 heteroatoms. The Bertz CT molecular complexity index is 1300. The second kappa shape index (κ2) is 7.50. The number of aromatic hydroxyl groups is 1. The van der Waals surface area contributed by atoms with Crippen molar-refractivity contribution < 1.29 is 18.7 Å². The Hall–Kier alpha value is -3.55. The van der Waals surface area contributed by atoms with Crippen LogP contribution in [0.1, 0.15) is 60.3 Å². The molecule has 170 valence electrons. The van der Waals surface area contributed by atoms with Crippen LogP contribution in [0.15, 0.2) is 59.5 Å². The van der Waals surface area contributed by atoms with Crippen LogP contribution in [-0.2, 0) is 0 Å². The van der Waals surface area contributed by atoms with Crippen LogP contribution in [0.3, 0.4) is 0 Å². The van der Waals surface area contributed by atoms with Gasteiger partial charge in [0.2, 0.25) is 5.43 Å². The van der Waals surface area contributed by atoms with Crippen molar-refractivity contribution in [2.24, 2.45) is 0 Å². The highest BCUT2D eigenvalue weighted by Crippen LogP contribution is 2.49. The highest BCUT2D eigenvalue weighted by molar-refractivity contribution is 5.96. The molecule has 1 fully saturated rings. The molecule has 0 radical (unpaired) electrons. The molecule has 1 unspecified atom stereocenters. The predicted molar refractivity (Wildman–Crippen MR) is 117 cm³/mol. The first-order valence-electron chi connectivity index (χ1n) is 10.8. The number of rotatable bonds is 3. The quantitative estimate of drug-likeness (QED) is 0.653. The monoisotopic (exact) mass is 451 g/mol. The molecule has 1 amide bonds. The maximum atomic E-state index is 14.3. The van der Waals surface area contributed by atoms with E-state index in [1.54, 1.807) is 29.2 Å². The Balaban J connectivity index is 1.80. The lowest BCUT2D eigenvalue weighted by molar-refractivity contribution is 0.0347. The van der Waals surface area contributed by atoms with Crippen molar-refractivity contribution in [1.82, 2.24) is 14.7 Å². The Morgan fingerprint density at radius 1 is 1.06 bits per heavy atom. The van der Waals surface area contributed by atoms with Crippen molar-refractivity contribution >= 4 is 5.91 Å². The number of amides is 1. The van der Waals surface area contributed by atoms with Crippen LogP contribution in [-0.4, -0.2) is 37.3 Å². The number of benzene rings is 2. The molecular formula is C25H23F2N3O3. The van der Waals surface area contributed by atoms with Crippen molar-refractivity contribution in [2.75, 3.05) is 0 Å². The van der Waals surface area contributed by atoms with Gasteiger partial charge in [-0.3, -0.25) is 14.3 Å². The van der Waals surface area contributed by atoms with Crippen LogP contribution in [0.5, 0.6) is 5.75 Å². The fourth-order valence-electron chi connectivity index (χ4n) is 5.43. The third kappa shape index (κ3) is 3.32. The normalized spacial score (nSPS) is 22.1. The van der Waals surface area contributed by atoms with Gasteiger partial charge in [-0.2, -0.15) is 5.10 Å². The molecule has 3 heterocycles. The van der Waals surface area contributed by atoms with Gasteiger partial charge in [-0.25, -0.2) is 8.78 Å². The summed E-state index contributed by atoms with van der Waals surface area (Å²) >= 11 is 0. The minimum atomic E-state index is -0.743. The second-order valence-electron chi connectivity index (χ2n) is 9.32. The van der Waals surface area contributed by atoms with Gasteiger partial charge in [0.15, 0.2) is 11.4 Å². The molecule has 3 atom stereocenters. The van der Waals surface area contributed by atoms with Crippen molar-refractivity contribution in [3.8, 4) is 5.75 Å². The van der Waals surface area contributed by atoms with Gasteiger partial charge in [0, 0.05) is 11.5 Å². The number of hydrogen-bond donors (Lipinski definition) is 1. The SMILES string of the molecule is CC1(C)CC[C@@H]2[C@H](C(c3ccc(F)cc3)c3cccc(F)c3)n3ncc(=O)c(O)c3C(=O)N21. The second-order valence-corrected chi connectivity index (χ2v) is 9.32. The van der Waals surface area contributed by atoms with Crippen LogP contribution >= 0.6 is 0 Å². The zero-order valence-electron chi connectivity index (χ0n) is 18.2. The average molecular weight is 451 g/mol. The summed E-state index contributed by atoms with van der Waals surface area (Å²) in [6.45, 7) is 3.89.